The third kappa shape index (κ3) is 3.08. The lowest BCUT2D eigenvalue weighted by Gasteiger charge is -2.36. The molecule has 1 fully saturated rings. The van der Waals surface area contributed by atoms with Gasteiger partial charge < -0.3 is 10.6 Å². The van der Waals surface area contributed by atoms with Gasteiger partial charge in [0.05, 0.1) is 0 Å². The van der Waals surface area contributed by atoms with Crippen LogP contribution in [0.3, 0.4) is 0 Å². The summed E-state index contributed by atoms with van der Waals surface area (Å²) in [5.74, 6) is 1.35. The summed E-state index contributed by atoms with van der Waals surface area (Å²) < 4.78 is 14.0. The summed E-state index contributed by atoms with van der Waals surface area (Å²) in [5.41, 5.74) is 7.57. The Morgan fingerprint density at radius 1 is 1.21 bits per heavy atom. The number of benzene rings is 1. The molecule has 1 atom stereocenters. The molecule has 0 bridgehead atoms. The highest BCUT2D eigenvalue weighted by Crippen LogP contribution is 2.32. The number of halogens is 1. The molecule has 2 nitrogen and oxygen atoms in total. The van der Waals surface area contributed by atoms with Crippen molar-refractivity contribution < 1.29 is 4.39 Å². The van der Waals surface area contributed by atoms with Crippen LogP contribution < -0.4 is 10.6 Å². The molecule has 1 aromatic rings. The fraction of sp³-hybridized carbons (Fsp3) is 0.625. The SMILES string of the molecule is CC(C)C1CCN(c2cccc(F)c2[C@H](C)N)CC1. The van der Waals surface area contributed by atoms with Crippen LogP contribution in [0, 0.1) is 17.7 Å². The molecule has 0 radical (unpaired) electrons. The molecular weight excluding hydrogens is 239 g/mol. The van der Waals surface area contributed by atoms with Crippen LogP contribution in [-0.2, 0) is 0 Å². The fourth-order valence-electron chi connectivity index (χ4n) is 3.06. The third-order valence-electron chi connectivity index (χ3n) is 4.31. The Morgan fingerprint density at radius 3 is 2.37 bits per heavy atom. The van der Waals surface area contributed by atoms with Crippen molar-refractivity contribution in [1.29, 1.82) is 0 Å². The molecule has 2 N–H and O–H groups in total. The number of nitrogens with zero attached hydrogens (tertiary/aromatic N) is 1. The standard InChI is InChI=1S/C16H25FN2/c1-11(2)13-7-9-19(10-8-13)15-6-4-5-14(17)16(15)12(3)18/h4-6,11-13H,7-10,18H2,1-3H3/t12-/m0/s1. The van der Waals surface area contributed by atoms with Gasteiger partial charge in [-0.05, 0) is 43.7 Å². The van der Waals surface area contributed by atoms with Gasteiger partial charge in [0.25, 0.3) is 0 Å². The van der Waals surface area contributed by atoms with E-state index < -0.39 is 0 Å². The zero-order valence-corrected chi connectivity index (χ0v) is 12.2. The van der Waals surface area contributed by atoms with E-state index in [0.717, 1.165) is 30.6 Å². The minimum atomic E-state index is -0.265. The fourth-order valence-corrected chi connectivity index (χ4v) is 3.06. The summed E-state index contributed by atoms with van der Waals surface area (Å²) >= 11 is 0. The van der Waals surface area contributed by atoms with E-state index in [2.05, 4.69) is 18.7 Å². The van der Waals surface area contributed by atoms with Crippen LogP contribution in [0.2, 0.25) is 0 Å². The number of nitrogens with two attached hydrogens (primary N) is 1. The quantitative estimate of drug-likeness (QED) is 0.901. The predicted molar refractivity (Wildman–Crippen MR) is 78.8 cm³/mol. The lowest BCUT2D eigenvalue weighted by molar-refractivity contribution is 0.311. The second kappa shape index (κ2) is 5.91. The Balaban J connectivity index is 2.18. The van der Waals surface area contributed by atoms with E-state index in [-0.39, 0.29) is 11.9 Å². The van der Waals surface area contributed by atoms with Crippen LogP contribution in [0.4, 0.5) is 10.1 Å². The normalized spacial score (nSPS) is 18.9. The second-order valence-corrected chi connectivity index (χ2v) is 6.03. The van der Waals surface area contributed by atoms with Crippen molar-refractivity contribution in [3.8, 4) is 0 Å². The van der Waals surface area contributed by atoms with Gasteiger partial charge in [0.1, 0.15) is 5.82 Å². The van der Waals surface area contributed by atoms with Crippen molar-refractivity contribution in [2.75, 3.05) is 18.0 Å². The Bertz CT molecular complexity index is 421. The van der Waals surface area contributed by atoms with E-state index in [4.69, 9.17) is 5.73 Å². The largest absolute Gasteiger partial charge is 0.371 e. The maximum absolute atomic E-state index is 14.0. The van der Waals surface area contributed by atoms with Crippen molar-refractivity contribution in [3.63, 3.8) is 0 Å². The lowest BCUT2D eigenvalue weighted by Crippen LogP contribution is -2.36. The second-order valence-electron chi connectivity index (χ2n) is 6.03. The van der Waals surface area contributed by atoms with E-state index in [1.807, 2.05) is 13.0 Å². The first-order chi connectivity index (χ1) is 9.00. The Kier molecular flexibility index (Phi) is 4.46. The van der Waals surface area contributed by atoms with Crippen LogP contribution in [0.5, 0.6) is 0 Å². The summed E-state index contributed by atoms with van der Waals surface area (Å²) in [6, 6.07) is 5.02. The predicted octanol–water partition coefficient (Wildman–Crippen LogP) is 3.72. The average Bonchev–Trinajstić information content (AvgIpc) is 2.38. The first-order valence-corrected chi connectivity index (χ1v) is 7.29. The highest BCUT2D eigenvalue weighted by Gasteiger charge is 2.24. The Morgan fingerprint density at radius 2 is 1.84 bits per heavy atom. The molecule has 0 aromatic heterocycles. The molecule has 0 saturated carbocycles. The van der Waals surface area contributed by atoms with E-state index >= 15 is 0 Å². The van der Waals surface area contributed by atoms with Crippen LogP contribution >= 0.6 is 0 Å². The van der Waals surface area contributed by atoms with Gasteiger partial charge in [-0.15, -0.1) is 0 Å². The molecule has 106 valence electrons. The topological polar surface area (TPSA) is 29.3 Å². The van der Waals surface area contributed by atoms with E-state index in [9.17, 15) is 4.39 Å². The van der Waals surface area contributed by atoms with Gasteiger partial charge >= 0.3 is 0 Å². The summed E-state index contributed by atoms with van der Waals surface area (Å²) in [5, 5.41) is 0. The number of hydrogen-bond acceptors (Lipinski definition) is 2. The number of piperidine rings is 1. The van der Waals surface area contributed by atoms with Gasteiger partial charge in [-0.25, -0.2) is 4.39 Å². The smallest absolute Gasteiger partial charge is 0.130 e. The molecule has 0 amide bonds. The molecule has 1 aliphatic heterocycles. The molecule has 1 aliphatic rings. The summed E-state index contributed by atoms with van der Waals surface area (Å²) in [6.45, 7) is 8.44. The number of rotatable bonds is 3. The first kappa shape index (κ1) is 14.3. The van der Waals surface area contributed by atoms with Gasteiger partial charge in [-0.2, -0.15) is 0 Å². The maximum atomic E-state index is 14.0. The van der Waals surface area contributed by atoms with E-state index in [1.165, 1.54) is 18.9 Å². The molecule has 1 saturated heterocycles. The van der Waals surface area contributed by atoms with Crippen LogP contribution in [0.15, 0.2) is 18.2 Å². The lowest BCUT2D eigenvalue weighted by atomic mass is 9.86. The maximum Gasteiger partial charge on any atom is 0.130 e. The first-order valence-electron chi connectivity index (χ1n) is 7.29. The molecule has 0 spiro atoms. The minimum Gasteiger partial charge on any atom is -0.371 e. The molecule has 0 unspecified atom stereocenters. The van der Waals surface area contributed by atoms with Crippen LogP contribution in [0.1, 0.15) is 45.2 Å². The zero-order valence-electron chi connectivity index (χ0n) is 12.2. The van der Waals surface area contributed by atoms with Gasteiger partial charge in [0, 0.05) is 30.4 Å². The monoisotopic (exact) mass is 264 g/mol. The van der Waals surface area contributed by atoms with Gasteiger partial charge in [0.2, 0.25) is 0 Å². The molecule has 19 heavy (non-hydrogen) atoms. The van der Waals surface area contributed by atoms with E-state index in [1.54, 1.807) is 6.07 Å². The summed E-state index contributed by atoms with van der Waals surface area (Å²) in [4.78, 5) is 2.29. The van der Waals surface area contributed by atoms with Crippen LogP contribution in [0.25, 0.3) is 0 Å². The minimum absolute atomic E-state index is 0.182. The molecule has 1 heterocycles. The highest BCUT2D eigenvalue weighted by molar-refractivity contribution is 5.55. The average molecular weight is 264 g/mol. The molecule has 0 aliphatic carbocycles. The van der Waals surface area contributed by atoms with Gasteiger partial charge in [0.15, 0.2) is 0 Å². The van der Waals surface area contributed by atoms with Gasteiger partial charge in [-0.1, -0.05) is 19.9 Å². The van der Waals surface area contributed by atoms with Gasteiger partial charge in [-0.3, -0.25) is 0 Å². The molecule has 3 heteroatoms. The van der Waals surface area contributed by atoms with Crippen molar-refractivity contribution >= 4 is 5.69 Å². The van der Waals surface area contributed by atoms with Crippen molar-refractivity contribution in [1.82, 2.24) is 0 Å². The van der Waals surface area contributed by atoms with Crippen molar-refractivity contribution in [2.24, 2.45) is 17.6 Å². The van der Waals surface area contributed by atoms with E-state index in [0.29, 0.717) is 5.56 Å². The molecule has 2 rings (SSSR count). The molecular formula is C16H25FN2. The summed E-state index contributed by atoms with van der Waals surface area (Å²) in [6.07, 6.45) is 2.37. The molecule has 1 aromatic carbocycles. The van der Waals surface area contributed by atoms with Crippen LogP contribution in [-0.4, -0.2) is 13.1 Å². The van der Waals surface area contributed by atoms with Crippen molar-refractivity contribution in [2.45, 2.75) is 39.7 Å². The number of anilines is 1. The zero-order chi connectivity index (χ0) is 14.0. The third-order valence-corrected chi connectivity index (χ3v) is 4.31. The summed E-state index contributed by atoms with van der Waals surface area (Å²) in [7, 11) is 0. The number of hydrogen-bond donors (Lipinski definition) is 1. The Hall–Kier alpha value is -1.09. The Labute approximate surface area is 115 Å². The highest BCUT2D eigenvalue weighted by atomic mass is 19.1. The van der Waals surface area contributed by atoms with Crippen molar-refractivity contribution in [3.05, 3.63) is 29.6 Å².